The van der Waals surface area contributed by atoms with Gasteiger partial charge in [0.2, 0.25) is 5.91 Å². The van der Waals surface area contributed by atoms with E-state index >= 15 is 0 Å². The number of fused-ring (bicyclic) bond motifs is 1. The predicted octanol–water partition coefficient (Wildman–Crippen LogP) is 3.68. The number of carbonyl (C=O) groups is 2. The Labute approximate surface area is 197 Å². The summed E-state index contributed by atoms with van der Waals surface area (Å²) in [4.78, 5) is 32.3. The number of allylic oxidation sites excluding steroid dienone is 1. The second kappa shape index (κ2) is 9.74. The molecule has 0 spiro atoms. The zero-order valence-electron chi connectivity index (χ0n) is 18.9. The summed E-state index contributed by atoms with van der Waals surface area (Å²) >= 11 is 1.44. The van der Waals surface area contributed by atoms with E-state index in [1.54, 1.807) is 27.2 Å². The maximum Gasteiger partial charge on any atom is 0.338 e. The molecule has 0 saturated heterocycles. The molecule has 2 heterocycles. The summed E-state index contributed by atoms with van der Waals surface area (Å²) in [6.07, 6.45) is 3.76. The average molecular weight is 470 g/mol. The van der Waals surface area contributed by atoms with Crippen LogP contribution in [0.4, 0.5) is 0 Å². The summed E-state index contributed by atoms with van der Waals surface area (Å²) in [5, 5.41) is 5.66. The monoisotopic (exact) mass is 469 g/mol. The van der Waals surface area contributed by atoms with Gasteiger partial charge in [-0.1, -0.05) is 30.5 Å². The molecule has 1 aromatic carbocycles. The van der Waals surface area contributed by atoms with Gasteiger partial charge in [-0.3, -0.25) is 4.79 Å². The number of hydrogen-bond acceptors (Lipinski definition) is 8. The Balaban J connectivity index is 1.74. The van der Waals surface area contributed by atoms with Gasteiger partial charge in [-0.25, -0.2) is 9.79 Å². The first-order valence-corrected chi connectivity index (χ1v) is 11.6. The van der Waals surface area contributed by atoms with Gasteiger partial charge >= 0.3 is 5.97 Å². The molecule has 3 aliphatic rings. The lowest BCUT2D eigenvalue weighted by atomic mass is 9.93. The van der Waals surface area contributed by atoms with Crippen LogP contribution in [0.5, 0.6) is 11.5 Å². The molecule has 1 N–H and O–H groups in total. The molecule has 2 aliphatic heterocycles. The van der Waals surface area contributed by atoms with E-state index in [2.05, 4.69) is 16.9 Å². The molecule has 9 heteroatoms. The summed E-state index contributed by atoms with van der Waals surface area (Å²) < 4.78 is 16.3. The van der Waals surface area contributed by atoms with Crippen LogP contribution in [0.3, 0.4) is 0 Å². The lowest BCUT2D eigenvalue weighted by Gasteiger charge is -2.36. The fraction of sp³-hybridized carbons (Fsp3) is 0.375. The molecule has 0 aromatic heterocycles. The third-order valence-electron chi connectivity index (χ3n) is 5.56. The van der Waals surface area contributed by atoms with Gasteiger partial charge in [0, 0.05) is 11.7 Å². The number of amides is 1. The first-order chi connectivity index (χ1) is 16.0. The van der Waals surface area contributed by atoms with Crippen molar-refractivity contribution >= 4 is 28.8 Å². The number of amidine groups is 1. The van der Waals surface area contributed by atoms with E-state index in [1.165, 1.54) is 17.8 Å². The van der Waals surface area contributed by atoms with Gasteiger partial charge in [0.05, 0.1) is 38.0 Å². The van der Waals surface area contributed by atoms with Crippen LogP contribution >= 0.6 is 11.8 Å². The highest BCUT2D eigenvalue weighted by atomic mass is 32.2. The van der Waals surface area contributed by atoms with Gasteiger partial charge < -0.3 is 24.4 Å². The molecule has 0 unspecified atom stereocenters. The Morgan fingerprint density at radius 3 is 2.70 bits per heavy atom. The number of benzene rings is 1. The Morgan fingerprint density at radius 2 is 2.03 bits per heavy atom. The quantitative estimate of drug-likeness (QED) is 0.436. The molecule has 1 fully saturated rings. The summed E-state index contributed by atoms with van der Waals surface area (Å²) in [5.74, 6) is 0.601. The van der Waals surface area contributed by atoms with Crippen LogP contribution < -0.4 is 14.8 Å². The van der Waals surface area contributed by atoms with Crippen molar-refractivity contribution in [2.75, 3.05) is 20.8 Å². The van der Waals surface area contributed by atoms with Gasteiger partial charge in [-0.2, -0.15) is 0 Å². The van der Waals surface area contributed by atoms with Crippen LogP contribution in [0.1, 0.15) is 37.8 Å². The van der Waals surface area contributed by atoms with E-state index in [-0.39, 0.29) is 25.0 Å². The van der Waals surface area contributed by atoms with Crippen LogP contribution in [-0.2, 0) is 14.3 Å². The van der Waals surface area contributed by atoms with Gasteiger partial charge in [-0.15, -0.1) is 0 Å². The normalized spacial score (nSPS) is 19.4. The summed E-state index contributed by atoms with van der Waals surface area (Å²) in [6.45, 7) is 5.51. The van der Waals surface area contributed by atoms with Crippen LogP contribution in [0.2, 0.25) is 0 Å². The number of nitrogens with zero attached hydrogens (tertiary/aromatic N) is 2. The number of hydrogen-bond donors (Lipinski definition) is 1. The fourth-order valence-corrected chi connectivity index (χ4v) is 4.82. The van der Waals surface area contributed by atoms with Crippen LogP contribution in [0.25, 0.3) is 0 Å². The number of rotatable bonds is 9. The Bertz CT molecular complexity index is 1070. The number of methoxy groups -OCH3 is 2. The highest BCUT2D eigenvalue weighted by molar-refractivity contribution is 8.16. The molecular formula is C24H27N3O5S. The molecule has 1 saturated carbocycles. The molecule has 33 heavy (non-hydrogen) atoms. The summed E-state index contributed by atoms with van der Waals surface area (Å²) in [7, 11) is 3.14. The van der Waals surface area contributed by atoms with Crippen molar-refractivity contribution in [2.24, 2.45) is 4.99 Å². The van der Waals surface area contributed by atoms with Crippen molar-refractivity contribution in [3.63, 3.8) is 0 Å². The topological polar surface area (TPSA) is 89.5 Å². The largest absolute Gasteiger partial charge is 0.493 e. The minimum Gasteiger partial charge on any atom is -0.493 e. The molecule has 174 valence electrons. The smallest absolute Gasteiger partial charge is 0.338 e. The van der Waals surface area contributed by atoms with Crippen LogP contribution in [0, 0.1) is 0 Å². The number of thioether (sulfide) groups is 1. The molecule has 1 aromatic rings. The van der Waals surface area contributed by atoms with Gasteiger partial charge in [0.1, 0.15) is 6.61 Å². The van der Waals surface area contributed by atoms with E-state index in [1.807, 2.05) is 22.4 Å². The van der Waals surface area contributed by atoms with Gasteiger partial charge in [0.25, 0.3) is 0 Å². The van der Waals surface area contributed by atoms with Gasteiger partial charge in [-0.05, 0) is 42.9 Å². The lowest BCUT2D eigenvalue weighted by molar-refractivity contribution is -0.138. The van der Waals surface area contributed by atoms with Crippen molar-refractivity contribution < 1.29 is 23.8 Å². The van der Waals surface area contributed by atoms with E-state index in [9.17, 15) is 9.59 Å². The second-order valence-corrected chi connectivity index (χ2v) is 8.75. The molecule has 8 nitrogen and oxygen atoms in total. The molecule has 4 rings (SSSR count). The number of esters is 1. The highest BCUT2D eigenvalue weighted by Crippen LogP contribution is 2.46. The summed E-state index contributed by atoms with van der Waals surface area (Å²) in [6, 6.07) is 5.26. The zero-order valence-corrected chi connectivity index (χ0v) is 19.7. The lowest BCUT2D eigenvalue weighted by Crippen LogP contribution is -2.38. The fourth-order valence-electron chi connectivity index (χ4n) is 3.85. The van der Waals surface area contributed by atoms with Crippen molar-refractivity contribution in [3.8, 4) is 11.5 Å². The van der Waals surface area contributed by atoms with Crippen molar-refractivity contribution in [1.29, 1.82) is 0 Å². The van der Waals surface area contributed by atoms with Crippen molar-refractivity contribution in [1.82, 2.24) is 10.2 Å². The molecule has 1 atom stereocenters. The van der Waals surface area contributed by atoms with Crippen molar-refractivity contribution in [2.45, 2.75) is 38.3 Å². The minimum absolute atomic E-state index is 0.0429. The zero-order chi connectivity index (χ0) is 23.5. The van der Waals surface area contributed by atoms with Gasteiger partial charge in [0.15, 0.2) is 16.7 Å². The maximum atomic E-state index is 13.1. The number of aliphatic imine (C=N–C) groups is 1. The van der Waals surface area contributed by atoms with Crippen LogP contribution in [0.15, 0.2) is 58.2 Å². The third-order valence-corrected chi connectivity index (χ3v) is 6.45. The first kappa shape index (κ1) is 23.0. The standard InChI is InChI=1S/C24H27N3O5S/c1-5-10-32-23(29)21-14(2)25-24-27(17(13-33-24)12-20(28)26-16-7-8-16)22(21)15-6-9-18(30-3)19(11-15)31-4/h5-6,9,11,13,16,22H,1,7-8,10,12H2,2-4H3,(H,26,28)/t22-/m0/s1. The molecular weight excluding hydrogens is 442 g/mol. The second-order valence-electron chi connectivity index (χ2n) is 7.91. The Hall–Kier alpha value is -3.20. The minimum atomic E-state index is -0.537. The SMILES string of the molecule is C=CCOC(=O)C1=C(C)N=C2SC=C(CC(=O)NC3CC3)N2[C@H]1c1ccc(OC)c(OC)c1. The number of nitrogens with one attached hydrogen (secondary N) is 1. The third kappa shape index (κ3) is 4.78. The van der Waals surface area contributed by atoms with E-state index < -0.39 is 12.0 Å². The molecule has 0 radical (unpaired) electrons. The summed E-state index contributed by atoms with van der Waals surface area (Å²) in [5.41, 5.74) is 2.54. The van der Waals surface area contributed by atoms with Crippen LogP contribution in [-0.4, -0.2) is 48.8 Å². The molecule has 1 aliphatic carbocycles. The molecule has 1 amide bonds. The first-order valence-electron chi connectivity index (χ1n) is 10.7. The number of carbonyl (C=O) groups excluding carboxylic acids is 2. The number of ether oxygens (including phenoxy) is 3. The predicted molar refractivity (Wildman–Crippen MR) is 127 cm³/mol. The Morgan fingerprint density at radius 1 is 1.27 bits per heavy atom. The van der Waals surface area contributed by atoms with E-state index in [0.717, 1.165) is 24.1 Å². The highest BCUT2D eigenvalue weighted by Gasteiger charge is 2.41. The molecule has 0 bridgehead atoms. The Kier molecular flexibility index (Phi) is 6.78. The van der Waals surface area contributed by atoms with Crippen molar-refractivity contribution in [3.05, 3.63) is 58.8 Å². The van der Waals surface area contributed by atoms with E-state index in [0.29, 0.717) is 27.9 Å². The van der Waals surface area contributed by atoms with E-state index in [4.69, 9.17) is 14.2 Å². The average Bonchev–Trinajstić information content (AvgIpc) is 3.54. The maximum absolute atomic E-state index is 13.1.